The molecule has 1 saturated heterocycles. The molecule has 4 rings (SSSR count). The first kappa shape index (κ1) is 23.9. The van der Waals surface area contributed by atoms with Crippen LogP contribution in [0.3, 0.4) is 0 Å². The van der Waals surface area contributed by atoms with Crippen molar-refractivity contribution < 1.29 is 27.5 Å². The third-order valence-corrected chi connectivity index (χ3v) is 8.10. The molecular weight excluding hydrogens is 458 g/mol. The van der Waals surface area contributed by atoms with Crippen LogP contribution in [-0.2, 0) is 24.3 Å². The number of nitrogens with zero attached hydrogens (tertiary/aromatic N) is 2. The summed E-state index contributed by atoms with van der Waals surface area (Å²) in [5.41, 5.74) is 1.04. The molecule has 1 fully saturated rings. The van der Waals surface area contributed by atoms with E-state index in [1.54, 1.807) is 24.3 Å². The maximum absolute atomic E-state index is 13.1. The molecule has 0 saturated carbocycles. The van der Waals surface area contributed by atoms with Crippen molar-refractivity contribution in [1.29, 1.82) is 0 Å². The van der Waals surface area contributed by atoms with Gasteiger partial charge in [-0.15, -0.1) is 0 Å². The van der Waals surface area contributed by atoms with Gasteiger partial charge in [-0.05, 0) is 57.0 Å². The Morgan fingerprint density at radius 2 is 1.88 bits per heavy atom. The summed E-state index contributed by atoms with van der Waals surface area (Å²) in [5, 5.41) is 2.70. The Kier molecular flexibility index (Phi) is 6.72. The van der Waals surface area contributed by atoms with Crippen molar-refractivity contribution in [3.05, 3.63) is 54.1 Å². The molecule has 0 aromatic heterocycles. The lowest BCUT2D eigenvalue weighted by molar-refractivity contribution is -0.128. The first-order valence-corrected chi connectivity index (χ1v) is 12.7. The lowest BCUT2D eigenvalue weighted by Gasteiger charge is -2.32. The number of sulfonamides is 1. The molecule has 0 spiro atoms. The number of hydrogen-bond donors (Lipinski definition) is 1. The average Bonchev–Trinajstić information content (AvgIpc) is 2.83. The maximum Gasteiger partial charge on any atom is 0.338 e. The monoisotopic (exact) mass is 485 g/mol. The smallest absolute Gasteiger partial charge is 0.338 e. The van der Waals surface area contributed by atoms with E-state index in [0.29, 0.717) is 17.9 Å². The van der Waals surface area contributed by atoms with Gasteiger partial charge in [0.05, 0.1) is 21.8 Å². The van der Waals surface area contributed by atoms with Crippen molar-refractivity contribution in [3.8, 4) is 0 Å². The van der Waals surface area contributed by atoms with Gasteiger partial charge in [-0.25, -0.2) is 13.2 Å². The summed E-state index contributed by atoms with van der Waals surface area (Å²) in [5.74, 6) is -1.73. The summed E-state index contributed by atoms with van der Waals surface area (Å²) in [6, 6.07) is 12.4. The van der Waals surface area contributed by atoms with Gasteiger partial charge in [-0.1, -0.05) is 24.6 Å². The molecule has 0 radical (unpaired) electrons. The van der Waals surface area contributed by atoms with Crippen LogP contribution in [0.4, 0.5) is 11.4 Å². The van der Waals surface area contributed by atoms with Crippen molar-refractivity contribution in [3.63, 3.8) is 0 Å². The van der Waals surface area contributed by atoms with Crippen molar-refractivity contribution in [2.45, 2.75) is 50.2 Å². The second-order valence-corrected chi connectivity index (χ2v) is 10.4. The van der Waals surface area contributed by atoms with Crippen molar-refractivity contribution in [2.24, 2.45) is 0 Å². The van der Waals surface area contributed by atoms with Crippen molar-refractivity contribution in [1.82, 2.24) is 4.31 Å². The first-order valence-electron chi connectivity index (χ1n) is 11.2. The zero-order chi connectivity index (χ0) is 24.5. The van der Waals surface area contributed by atoms with E-state index in [4.69, 9.17) is 4.74 Å². The van der Waals surface area contributed by atoms with Crippen molar-refractivity contribution >= 4 is 39.2 Å². The van der Waals surface area contributed by atoms with Crippen LogP contribution in [0.25, 0.3) is 0 Å². The Bertz CT molecular complexity index is 1230. The summed E-state index contributed by atoms with van der Waals surface area (Å²) in [7, 11) is -3.76. The number of esters is 1. The minimum atomic E-state index is -3.76. The van der Waals surface area contributed by atoms with E-state index in [1.807, 2.05) is 6.92 Å². The highest BCUT2D eigenvalue weighted by Gasteiger charge is 2.33. The quantitative estimate of drug-likeness (QED) is 0.652. The van der Waals surface area contributed by atoms with Crippen LogP contribution in [0, 0.1) is 0 Å². The Hall–Kier alpha value is -3.24. The largest absolute Gasteiger partial charge is 0.449 e. The van der Waals surface area contributed by atoms with Gasteiger partial charge in [0.15, 0.2) is 6.10 Å². The van der Waals surface area contributed by atoms with Crippen molar-refractivity contribution in [2.75, 3.05) is 23.3 Å². The fourth-order valence-corrected chi connectivity index (χ4v) is 6.02. The van der Waals surface area contributed by atoms with E-state index < -0.39 is 28.0 Å². The molecule has 2 aliphatic rings. The number of carbonyl (C=O) groups is 3. The van der Waals surface area contributed by atoms with Gasteiger partial charge < -0.3 is 10.1 Å². The average molecular weight is 486 g/mol. The summed E-state index contributed by atoms with van der Waals surface area (Å²) in [6.07, 6.45) is 1.38. The Labute approximate surface area is 198 Å². The topological polar surface area (TPSA) is 113 Å². The van der Waals surface area contributed by atoms with Crippen LogP contribution in [0.1, 0.15) is 43.5 Å². The molecule has 0 aliphatic carbocycles. The summed E-state index contributed by atoms with van der Waals surface area (Å²) >= 11 is 0. The van der Waals surface area contributed by atoms with Crippen LogP contribution in [0.5, 0.6) is 0 Å². The normalized spacial score (nSPS) is 19.6. The maximum atomic E-state index is 13.1. The van der Waals surface area contributed by atoms with Gasteiger partial charge in [0.25, 0.3) is 5.91 Å². The molecule has 0 bridgehead atoms. The lowest BCUT2D eigenvalue weighted by Crippen LogP contribution is -2.47. The number of anilines is 2. The van der Waals surface area contributed by atoms with Gasteiger partial charge in [-0.2, -0.15) is 4.31 Å². The molecule has 0 unspecified atom stereocenters. The zero-order valence-electron chi connectivity index (χ0n) is 19.1. The van der Waals surface area contributed by atoms with Gasteiger partial charge in [0.2, 0.25) is 15.9 Å². The number of fused-ring (bicyclic) bond motifs is 1. The molecule has 1 N–H and O–H groups in total. The van der Waals surface area contributed by atoms with E-state index in [9.17, 15) is 22.8 Å². The highest BCUT2D eigenvalue weighted by Crippen LogP contribution is 2.30. The number of hydrogen-bond acceptors (Lipinski definition) is 6. The predicted octanol–water partition coefficient (Wildman–Crippen LogP) is 2.78. The molecule has 2 aromatic rings. The predicted molar refractivity (Wildman–Crippen MR) is 126 cm³/mol. The lowest BCUT2D eigenvalue weighted by atomic mass is 10.1. The van der Waals surface area contributed by atoms with Gasteiger partial charge in [0, 0.05) is 12.6 Å². The number of rotatable bonds is 5. The SMILES string of the molecule is C[C@H](OC(=O)c1cccc(S(=O)(=O)N2CCCC[C@H]2C)c1)C(=O)N1CC(=O)Nc2ccccc21. The standard InChI is InChI=1S/C24H27N3O6S/c1-16-8-5-6-13-27(16)34(31,32)19-10-7-9-18(14-19)24(30)33-17(2)23(29)26-15-22(28)25-20-11-3-4-12-21(20)26/h3-4,7,9-12,14,16-17H,5-6,8,13,15H2,1-2H3,(H,25,28)/t16-,17+/m1/s1. The molecule has 10 heteroatoms. The van der Waals surface area contributed by atoms with Gasteiger partial charge >= 0.3 is 5.97 Å². The van der Waals surface area contributed by atoms with Gasteiger partial charge in [0.1, 0.15) is 6.54 Å². The molecule has 2 aromatic carbocycles. The minimum Gasteiger partial charge on any atom is -0.449 e. The fourth-order valence-electron chi connectivity index (χ4n) is 4.28. The van der Waals surface area contributed by atoms with Crippen LogP contribution in [0.15, 0.2) is 53.4 Å². The Morgan fingerprint density at radius 1 is 1.12 bits per heavy atom. The van der Waals surface area contributed by atoms with E-state index in [-0.39, 0.29) is 29.0 Å². The number of piperidine rings is 1. The number of amides is 2. The number of carbonyl (C=O) groups excluding carboxylic acids is 3. The highest BCUT2D eigenvalue weighted by atomic mass is 32.2. The van der Waals surface area contributed by atoms with E-state index >= 15 is 0 Å². The number of nitrogens with one attached hydrogen (secondary N) is 1. The summed E-state index contributed by atoms with van der Waals surface area (Å²) in [6.45, 7) is 3.54. The molecule has 34 heavy (non-hydrogen) atoms. The number of para-hydroxylation sites is 2. The molecule has 2 aliphatic heterocycles. The van der Waals surface area contributed by atoms with Crippen LogP contribution >= 0.6 is 0 Å². The molecule has 9 nitrogen and oxygen atoms in total. The first-order chi connectivity index (χ1) is 16.2. The molecule has 2 atom stereocenters. The van der Waals surface area contributed by atoms with Crippen LogP contribution < -0.4 is 10.2 Å². The number of benzene rings is 2. The number of ether oxygens (including phenoxy) is 1. The van der Waals surface area contributed by atoms with Gasteiger partial charge in [-0.3, -0.25) is 14.5 Å². The molecule has 180 valence electrons. The third kappa shape index (κ3) is 4.69. The minimum absolute atomic E-state index is 0.0105. The molecule has 2 amide bonds. The van der Waals surface area contributed by atoms with E-state index in [2.05, 4.69) is 5.32 Å². The van der Waals surface area contributed by atoms with Crippen LogP contribution in [0.2, 0.25) is 0 Å². The molecular formula is C24H27N3O6S. The van der Waals surface area contributed by atoms with E-state index in [1.165, 1.54) is 40.4 Å². The highest BCUT2D eigenvalue weighted by molar-refractivity contribution is 7.89. The van der Waals surface area contributed by atoms with Crippen LogP contribution in [-0.4, -0.2) is 55.7 Å². The fraction of sp³-hybridized carbons (Fsp3) is 0.375. The zero-order valence-corrected chi connectivity index (χ0v) is 19.9. The second-order valence-electron chi connectivity index (χ2n) is 8.53. The second kappa shape index (κ2) is 9.55. The summed E-state index contributed by atoms with van der Waals surface area (Å²) < 4.78 is 33.1. The third-order valence-electron chi connectivity index (χ3n) is 6.09. The Balaban J connectivity index is 1.50. The van der Waals surface area contributed by atoms with E-state index in [0.717, 1.165) is 19.3 Å². The molecule has 2 heterocycles. The Morgan fingerprint density at radius 3 is 2.65 bits per heavy atom. The summed E-state index contributed by atoms with van der Waals surface area (Å²) in [4.78, 5) is 39.1.